The lowest BCUT2D eigenvalue weighted by atomic mass is 9.88. The Labute approximate surface area is 172 Å². The normalized spacial score (nSPS) is 11.5. The van der Waals surface area contributed by atoms with Gasteiger partial charge in [-0.3, -0.25) is 9.59 Å². The van der Waals surface area contributed by atoms with Gasteiger partial charge in [0.15, 0.2) is 0 Å². The second kappa shape index (κ2) is 15.7. The fourth-order valence-corrected chi connectivity index (χ4v) is 2.10. The molecule has 0 bridgehead atoms. The molecule has 0 aliphatic heterocycles. The van der Waals surface area contributed by atoms with Gasteiger partial charge in [-0.15, -0.1) is 0 Å². The van der Waals surface area contributed by atoms with Crippen LogP contribution in [0, 0.1) is 10.8 Å². The quantitative estimate of drug-likeness (QED) is 0.280. The van der Waals surface area contributed by atoms with Crippen LogP contribution in [0.3, 0.4) is 0 Å². The van der Waals surface area contributed by atoms with Crippen LogP contribution in [-0.4, -0.2) is 69.1 Å². The highest BCUT2D eigenvalue weighted by Gasteiger charge is 2.29. The largest absolute Gasteiger partial charge is 0.354 e. The summed E-state index contributed by atoms with van der Waals surface area (Å²) in [5.41, 5.74) is 15.6. The SMILES string of the molecule is CCC(C)(C)C(=O)N(CCN)CCN.CCC(C)(C)C(=O)NCCNCCN. The van der Waals surface area contributed by atoms with E-state index in [1.54, 1.807) is 4.90 Å². The fraction of sp³-hybridized carbons (Fsp3) is 0.900. The van der Waals surface area contributed by atoms with Gasteiger partial charge in [-0.2, -0.15) is 0 Å². The van der Waals surface area contributed by atoms with Crippen LogP contribution in [0.1, 0.15) is 54.4 Å². The minimum Gasteiger partial charge on any atom is -0.354 e. The molecule has 0 aromatic rings. The summed E-state index contributed by atoms with van der Waals surface area (Å²) in [4.78, 5) is 25.3. The van der Waals surface area contributed by atoms with Crippen LogP contribution in [0.15, 0.2) is 0 Å². The lowest BCUT2D eigenvalue weighted by Crippen LogP contribution is -2.45. The van der Waals surface area contributed by atoms with Gasteiger partial charge in [-0.25, -0.2) is 0 Å². The highest BCUT2D eigenvalue weighted by Crippen LogP contribution is 2.22. The number of amides is 2. The second-order valence-corrected chi connectivity index (χ2v) is 8.14. The first kappa shape index (κ1) is 29.0. The molecule has 0 aliphatic rings. The van der Waals surface area contributed by atoms with E-state index in [4.69, 9.17) is 17.2 Å². The van der Waals surface area contributed by atoms with Crippen molar-refractivity contribution < 1.29 is 9.59 Å². The lowest BCUT2D eigenvalue weighted by Gasteiger charge is -2.30. The Balaban J connectivity index is 0. The molecule has 28 heavy (non-hydrogen) atoms. The molecule has 0 saturated carbocycles. The zero-order valence-electron chi connectivity index (χ0n) is 19.1. The maximum atomic E-state index is 12.0. The van der Waals surface area contributed by atoms with Crippen molar-refractivity contribution in [2.24, 2.45) is 28.0 Å². The number of nitrogens with one attached hydrogen (secondary N) is 2. The smallest absolute Gasteiger partial charge is 0.228 e. The van der Waals surface area contributed by atoms with Gasteiger partial charge in [0.2, 0.25) is 11.8 Å². The summed E-state index contributed by atoms with van der Waals surface area (Å²) in [5, 5.41) is 6.01. The van der Waals surface area contributed by atoms with Gasteiger partial charge in [0.1, 0.15) is 0 Å². The monoisotopic (exact) mass is 402 g/mol. The first-order chi connectivity index (χ1) is 13.0. The lowest BCUT2D eigenvalue weighted by molar-refractivity contribution is -0.140. The predicted octanol–water partition coefficient (Wildman–Crippen LogP) is 0.256. The topological polar surface area (TPSA) is 140 Å². The van der Waals surface area contributed by atoms with E-state index >= 15 is 0 Å². The third-order valence-corrected chi connectivity index (χ3v) is 4.96. The Morgan fingerprint density at radius 1 is 0.786 bits per heavy atom. The average molecular weight is 403 g/mol. The van der Waals surface area contributed by atoms with E-state index in [9.17, 15) is 9.59 Å². The van der Waals surface area contributed by atoms with Crippen molar-refractivity contribution in [2.45, 2.75) is 54.4 Å². The summed E-state index contributed by atoms with van der Waals surface area (Å²) < 4.78 is 0. The van der Waals surface area contributed by atoms with E-state index < -0.39 is 0 Å². The van der Waals surface area contributed by atoms with Crippen LogP contribution in [-0.2, 0) is 9.59 Å². The summed E-state index contributed by atoms with van der Waals surface area (Å²) in [6.45, 7) is 16.9. The third-order valence-electron chi connectivity index (χ3n) is 4.96. The van der Waals surface area contributed by atoms with Crippen LogP contribution in [0.5, 0.6) is 0 Å². The number of carbonyl (C=O) groups excluding carboxylic acids is 2. The Hall–Kier alpha value is -1.22. The molecule has 0 spiro atoms. The molecule has 0 unspecified atom stereocenters. The molecular formula is C20H46N6O2. The molecule has 0 aromatic carbocycles. The zero-order valence-corrected chi connectivity index (χ0v) is 19.1. The number of hydrogen-bond donors (Lipinski definition) is 5. The Morgan fingerprint density at radius 3 is 1.68 bits per heavy atom. The molecule has 8 heteroatoms. The summed E-state index contributed by atoms with van der Waals surface area (Å²) in [6, 6.07) is 0. The van der Waals surface area contributed by atoms with Crippen LogP contribution in [0.2, 0.25) is 0 Å². The minimum atomic E-state index is -0.301. The van der Waals surface area contributed by atoms with Crippen LogP contribution in [0.4, 0.5) is 0 Å². The molecule has 0 rings (SSSR count). The number of hydrogen-bond acceptors (Lipinski definition) is 6. The number of rotatable bonds is 13. The summed E-state index contributed by atoms with van der Waals surface area (Å²) in [5.74, 6) is 0.269. The molecular weight excluding hydrogens is 356 g/mol. The molecule has 0 aromatic heterocycles. The molecule has 8 nitrogen and oxygen atoms in total. The van der Waals surface area contributed by atoms with Crippen molar-refractivity contribution in [3.05, 3.63) is 0 Å². The van der Waals surface area contributed by atoms with Crippen LogP contribution in [0.25, 0.3) is 0 Å². The van der Waals surface area contributed by atoms with Gasteiger partial charge in [-0.1, -0.05) is 41.5 Å². The summed E-state index contributed by atoms with van der Waals surface area (Å²) in [7, 11) is 0. The van der Waals surface area contributed by atoms with E-state index in [2.05, 4.69) is 10.6 Å². The summed E-state index contributed by atoms with van der Waals surface area (Å²) >= 11 is 0. The number of carbonyl (C=O) groups is 2. The molecule has 0 atom stereocenters. The number of nitrogens with two attached hydrogens (primary N) is 3. The molecule has 0 fully saturated rings. The van der Waals surface area contributed by atoms with Crippen molar-refractivity contribution in [1.82, 2.24) is 15.5 Å². The zero-order chi connectivity index (χ0) is 22.2. The van der Waals surface area contributed by atoms with Crippen molar-refractivity contribution in [3.63, 3.8) is 0 Å². The molecule has 168 valence electrons. The molecule has 0 aliphatic carbocycles. The highest BCUT2D eigenvalue weighted by atomic mass is 16.2. The average Bonchev–Trinajstić information content (AvgIpc) is 2.67. The Morgan fingerprint density at radius 2 is 1.29 bits per heavy atom. The number of nitrogens with zero attached hydrogens (tertiary/aromatic N) is 1. The van der Waals surface area contributed by atoms with Crippen molar-refractivity contribution in [3.8, 4) is 0 Å². The van der Waals surface area contributed by atoms with E-state index in [0.717, 1.165) is 25.9 Å². The molecule has 2 amide bonds. The first-order valence-corrected chi connectivity index (χ1v) is 10.4. The third kappa shape index (κ3) is 12.3. The van der Waals surface area contributed by atoms with Gasteiger partial charge in [0.05, 0.1) is 0 Å². The van der Waals surface area contributed by atoms with Gasteiger partial charge in [0, 0.05) is 63.2 Å². The highest BCUT2D eigenvalue weighted by molar-refractivity contribution is 5.82. The van der Waals surface area contributed by atoms with E-state index in [-0.39, 0.29) is 22.6 Å². The standard InChI is InChI=1S/2C10H23N3O/c1-4-10(2,3)9(14)13(7-5-11)8-6-12;1-4-10(2,3)9(14)13-8-7-12-6-5-11/h4-8,11-12H2,1-3H3;12H,4-8,11H2,1-3H3,(H,13,14). The maximum Gasteiger partial charge on any atom is 0.228 e. The van der Waals surface area contributed by atoms with Gasteiger partial charge >= 0.3 is 0 Å². The van der Waals surface area contributed by atoms with Crippen molar-refractivity contribution in [1.29, 1.82) is 0 Å². The van der Waals surface area contributed by atoms with Crippen molar-refractivity contribution in [2.75, 3.05) is 52.4 Å². The predicted molar refractivity (Wildman–Crippen MR) is 118 cm³/mol. The molecule has 0 radical (unpaired) electrons. The van der Waals surface area contributed by atoms with E-state index in [1.807, 2.05) is 41.5 Å². The van der Waals surface area contributed by atoms with Crippen LogP contribution >= 0.6 is 0 Å². The van der Waals surface area contributed by atoms with E-state index in [1.165, 1.54) is 0 Å². The van der Waals surface area contributed by atoms with Gasteiger partial charge in [0.25, 0.3) is 0 Å². The first-order valence-electron chi connectivity index (χ1n) is 10.4. The van der Waals surface area contributed by atoms with E-state index in [0.29, 0.717) is 39.3 Å². The molecule has 0 heterocycles. The summed E-state index contributed by atoms with van der Waals surface area (Å²) in [6.07, 6.45) is 1.69. The molecule has 0 saturated heterocycles. The minimum absolute atomic E-state index is 0.120. The van der Waals surface area contributed by atoms with Gasteiger partial charge in [-0.05, 0) is 12.8 Å². The van der Waals surface area contributed by atoms with Crippen LogP contribution < -0.4 is 27.8 Å². The van der Waals surface area contributed by atoms with Crippen molar-refractivity contribution >= 4 is 11.8 Å². The fourth-order valence-electron chi connectivity index (χ4n) is 2.10. The maximum absolute atomic E-state index is 12.0. The molecule has 8 N–H and O–H groups in total. The Kier molecular flexibility index (Phi) is 16.2. The second-order valence-electron chi connectivity index (χ2n) is 8.14. The Bertz CT molecular complexity index is 421. The van der Waals surface area contributed by atoms with Gasteiger partial charge < -0.3 is 32.7 Å².